The molecule has 2 amide bonds. The van der Waals surface area contributed by atoms with Crippen molar-refractivity contribution in [3.63, 3.8) is 0 Å². The molecule has 1 unspecified atom stereocenters. The zero-order valence-corrected chi connectivity index (χ0v) is 11.9. The van der Waals surface area contributed by atoms with Crippen molar-refractivity contribution in [3.8, 4) is 0 Å². The fraction of sp³-hybridized carbons (Fsp3) is 0.846. The number of alkyl carbamates (subject to hydrolysis) is 1. The Morgan fingerprint density at radius 3 is 2.56 bits per heavy atom. The molecule has 5 nitrogen and oxygen atoms in total. The zero-order chi connectivity index (χ0) is 13.9. The number of rotatable bonds is 2. The van der Waals surface area contributed by atoms with Gasteiger partial charge in [0.1, 0.15) is 11.6 Å². The van der Waals surface area contributed by atoms with Gasteiger partial charge in [-0.1, -0.05) is 0 Å². The highest BCUT2D eigenvalue weighted by Crippen LogP contribution is 2.15. The van der Waals surface area contributed by atoms with Gasteiger partial charge in [0.05, 0.1) is 0 Å². The molecule has 5 heteroatoms. The summed E-state index contributed by atoms with van der Waals surface area (Å²) in [4.78, 5) is 25.6. The summed E-state index contributed by atoms with van der Waals surface area (Å²) in [7, 11) is 0. The molecule has 18 heavy (non-hydrogen) atoms. The SMILES string of the molecule is CC(C)N1CCCC(NC(=O)OC(C)(C)C)C1=O. The van der Waals surface area contributed by atoms with Crippen LogP contribution >= 0.6 is 0 Å². The van der Waals surface area contributed by atoms with Crippen molar-refractivity contribution < 1.29 is 14.3 Å². The number of hydrogen-bond acceptors (Lipinski definition) is 3. The van der Waals surface area contributed by atoms with Crippen molar-refractivity contribution in [3.05, 3.63) is 0 Å². The van der Waals surface area contributed by atoms with Crippen molar-refractivity contribution in [2.45, 2.75) is 65.1 Å². The number of nitrogens with one attached hydrogen (secondary N) is 1. The Morgan fingerprint density at radius 1 is 1.44 bits per heavy atom. The summed E-state index contributed by atoms with van der Waals surface area (Å²) in [6.45, 7) is 10.1. The van der Waals surface area contributed by atoms with Crippen LogP contribution in [0.25, 0.3) is 0 Å². The van der Waals surface area contributed by atoms with Crippen LogP contribution in [0, 0.1) is 0 Å². The number of nitrogens with zero attached hydrogens (tertiary/aromatic N) is 1. The van der Waals surface area contributed by atoms with Crippen LogP contribution in [0.5, 0.6) is 0 Å². The van der Waals surface area contributed by atoms with Gasteiger partial charge in [0.2, 0.25) is 5.91 Å². The molecule has 1 N–H and O–H groups in total. The van der Waals surface area contributed by atoms with E-state index in [2.05, 4.69) is 5.32 Å². The van der Waals surface area contributed by atoms with E-state index in [1.54, 1.807) is 25.7 Å². The zero-order valence-electron chi connectivity index (χ0n) is 11.9. The Labute approximate surface area is 109 Å². The summed E-state index contributed by atoms with van der Waals surface area (Å²) < 4.78 is 5.16. The number of amides is 2. The molecule has 0 aliphatic carbocycles. The maximum atomic E-state index is 12.1. The minimum absolute atomic E-state index is 0.0119. The lowest BCUT2D eigenvalue weighted by Crippen LogP contribution is -2.54. The molecule has 0 bridgehead atoms. The van der Waals surface area contributed by atoms with Crippen LogP contribution < -0.4 is 5.32 Å². The molecule has 1 atom stereocenters. The van der Waals surface area contributed by atoms with Crippen LogP contribution in [0.2, 0.25) is 0 Å². The van der Waals surface area contributed by atoms with Gasteiger partial charge in [0.15, 0.2) is 0 Å². The summed E-state index contributed by atoms with van der Waals surface area (Å²) in [5.74, 6) is -0.0119. The lowest BCUT2D eigenvalue weighted by Gasteiger charge is -2.35. The third-order valence-electron chi connectivity index (χ3n) is 2.79. The smallest absolute Gasteiger partial charge is 0.408 e. The molecule has 0 aromatic rings. The Bertz CT molecular complexity index is 321. The van der Waals surface area contributed by atoms with Crippen molar-refractivity contribution in [2.75, 3.05) is 6.54 Å². The Balaban J connectivity index is 2.56. The van der Waals surface area contributed by atoms with Gasteiger partial charge in [0, 0.05) is 12.6 Å². The fourth-order valence-corrected chi connectivity index (χ4v) is 2.00. The molecular formula is C13H24N2O3. The van der Waals surface area contributed by atoms with E-state index < -0.39 is 17.7 Å². The fourth-order valence-electron chi connectivity index (χ4n) is 2.00. The minimum atomic E-state index is -0.542. The molecule has 0 spiro atoms. The van der Waals surface area contributed by atoms with E-state index in [4.69, 9.17) is 4.74 Å². The van der Waals surface area contributed by atoms with Crippen LogP contribution in [0.3, 0.4) is 0 Å². The predicted octanol–water partition coefficient (Wildman–Crippen LogP) is 1.91. The van der Waals surface area contributed by atoms with Gasteiger partial charge in [-0.2, -0.15) is 0 Å². The molecule has 0 saturated carbocycles. The van der Waals surface area contributed by atoms with Crippen LogP contribution in [0.15, 0.2) is 0 Å². The second kappa shape index (κ2) is 5.59. The van der Waals surface area contributed by atoms with Gasteiger partial charge in [-0.3, -0.25) is 4.79 Å². The molecule has 1 saturated heterocycles. The van der Waals surface area contributed by atoms with E-state index in [0.717, 1.165) is 13.0 Å². The van der Waals surface area contributed by atoms with Gasteiger partial charge in [-0.15, -0.1) is 0 Å². The molecule has 1 aliphatic heterocycles. The first-order valence-corrected chi connectivity index (χ1v) is 6.50. The van der Waals surface area contributed by atoms with Gasteiger partial charge < -0.3 is 15.0 Å². The van der Waals surface area contributed by atoms with Gasteiger partial charge in [0.25, 0.3) is 0 Å². The lowest BCUT2D eigenvalue weighted by molar-refractivity contribution is -0.137. The van der Waals surface area contributed by atoms with E-state index in [-0.39, 0.29) is 11.9 Å². The number of carbonyl (C=O) groups excluding carboxylic acids is 2. The van der Waals surface area contributed by atoms with E-state index >= 15 is 0 Å². The Kier molecular flexibility index (Phi) is 4.59. The summed E-state index contributed by atoms with van der Waals surface area (Å²) in [5, 5.41) is 2.66. The number of hydrogen-bond donors (Lipinski definition) is 1. The Hall–Kier alpha value is -1.26. The predicted molar refractivity (Wildman–Crippen MR) is 69.2 cm³/mol. The highest BCUT2D eigenvalue weighted by Gasteiger charge is 2.32. The summed E-state index contributed by atoms with van der Waals surface area (Å²) >= 11 is 0. The maximum Gasteiger partial charge on any atom is 0.408 e. The van der Waals surface area contributed by atoms with E-state index in [1.807, 2.05) is 13.8 Å². The third-order valence-corrected chi connectivity index (χ3v) is 2.79. The second-order valence-corrected chi connectivity index (χ2v) is 5.97. The van der Waals surface area contributed by atoms with Crippen LogP contribution in [-0.2, 0) is 9.53 Å². The average Bonchev–Trinajstić information content (AvgIpc) is 2.17. The standard InChI is InChI=1S/C13H24N2O3/c1-9(2)15-8-6-7-10(11(15)16)14-12(17)18-13(3,4)5/h9-10H,6-8H2,1-5H3,(H,14,17). The Morgan fingerprint density at radius 2 is 2.06 bits per heavy atom. The van der Waals surface area contributed by atoms with Crippen LogP contribution in [0.4, 0.5) is 4.79 Å². The molecule has 0 aromatic carbocycles. The first-order chi connectivity index (χ1) is 8.20. The van der Waals surface area contributed by atoms with Gasteiger partial charge in [-0.25, -0.2) is 4.79 Å². The summed E-state index contributed by atoms with van der Waals surface area (Å²) in [5.41, 5.74) is -0.542. The highest BCUT2D eigenvalue weighted by atomic mass is 16.6. The van der Waals surface area contributed by atoms with Crippen molar-refractivity contribution >= 4 is 12.0 Å². The molecule has 0 radical (unpaired) electrons. The number of likely N-dealkylation sites (tertiary alicyclic amines) is 1. The molecular weight excluding hydrogens is 232 g/mol. The van der Waals surface area contributed by atoms with E-state index in [9.17, 15) is 9.59 Å². The van der Waals surface area contributed by atoms with Gasteiger partial charge >= 0.3 is 6.09 Å². The summed E-state index contributed by atoms with van der Waals surface area (Å²) in [6, 6.07) is -0.281. The summed E-state index contributed by atoms with van der Waals surface area (Å²) in [6.07, 6.45) is 1.07. The average molecular weight is 256 g/mol. The highest BCUT2D eigenvalue weighted by molar-refractivity contribution is 5.86. The minimum Gasteiger partial charge on any atom is -0.444 e. The van der Waals surface area contributed by atoms with Crippen LogP contribution in [0.1, 0.15) is 47.5 Å². The number of ether oxygens (including phenoxy) is 1. The topological polar surface area (TPSA) is 58.6 Å². The largest absolute Gasteiger partial charge is 0.444 e. The molecule has 1 heterocycles. The lowest BCUT2D eigenvalue weighted by atomic mass is 10.0. The first kappa shape index (κ1) is 14.8. The third kappa shape index (κ3) is 4.20. The molecule has 1 fully saturated rings. The first-order valence-electron chi connectivity index (χ1n) is 6.50. The molecule has 1 rings (SSSR count). The number of carbonyl (C=O) groups is 2. The molecule has 0 aromatic heterocycles. The normalized spacial score (nSPS) is 21.1. The second-order valence-electron chi connectivity index (χ2n) is 5.97. The van der Waals surface area contributed by atoms with Crippen molar-refractivity contribution in [1.29, 1.82) is 0 Å². The van der Waals surface area contributed by atoms with Crippen molar-refractivity contribution in [2.24, 2.45) is 0 Å². The number of piperidine rings is 1. The van der Waals surface area contributed by atoms with Crippen LogP contribution in [-0.4, -0.2) is 41.1 Å². The van der Waals surface area contributed by atoms with E-state index in [0.29, 0.717) is 6.42 Å². The maximum absolute atomic E-state index is 12.1. The van der Waals surface area contributed by atoms with E-state index in [1.165, 1.54) is 0 Å². The molecule has 1 aliphatic rings. The molecule has 104 valence electrons. The monoisotopic (exact) mass is 256 g/mol. The quantitative estimate of drug-likeness (QED) is 0.821. The van der Waals surface area contributed by atoms with Gasteiger partial charge in [-0.05, 0) is 47.5 Å². The van der Waals surface area contributed by atoms with Crippen molar-refractivity contribution in [1.82, 2.24) is 10.2 Å².